The number of nitrogens with zero attached hydrogens (tertiary/aromatic N) is 4. The van der Waals surface area contributed by atoms with Gasteiger partial charge in [-0.2, -0.15) is 9.97 Å². The number of aromatic nitrogens is 4. The Balaban J connectivity index is 1.35. The largest absolute Gasteiger partial charge is 0.484 e. The second-order valence-corrected chi connectivity index (χ2v) is 5.72. The van der Waals surface area contributed by atoms with Gasteiger partial charge in [0, 0.05) is 18.9 Å². The lowest BCUT2D eigenvalue weighted by atomic mass is 10.1. The fourth-order valence-corrected chi connectivity index (χ4v) is 2.46. The molecule has 0 bridgehead atoms. The van der Waals surface area contributed by atoms with Crippen LogP contribution >= 0.6 is 0 Å². The van der Waals surface area contributed by atoms with Crippen molar-refractivity contribution in [3.63, 3.8) is 0 Å². The molecule has 7 heteroatoms. The summed E-state index contributed by atoms with van der Waals surface area (Å²) in [7, 11) is 0. The Labute approximate surface area is 149 Å². The smallest absolute Gasteiger partial charge is 0.264 e. The molecule has 0 unspecified atom stereocenters. The van der Waals surface area contributed by atoms with Crippen molar-refractivity contribution in [3.05, 3.63) is 77.8 Å². The van der Waals surface area contributed by atoms with Crippen LogP contribution < -0.4 is 4.74 Å². The molecule has 2 aromatic heterocycles. The third-order valence-electron chi connectivity index (χ3n) is 3.72. The molecule has 0 spiro atoms. The van der Waals surface area contributed by atoms with E-state index in [1.807, 2.05) is 54.6 Å². The minimum Gasteiger partial charge on any atom is -0.484 e. The summed E-state index contributed by atoms with van der Waals surface area (Å²) in [6.45, 7) is 1.97. The number of rotatable bonds is 6. The summed E-state index contributed by atoms with van der Waals surface area (Å²) in [6.07, 6.45) is 0.628. The highest BCUT2D eigenvalue weighted by Crippen LogP contribution is 2.20. The average Bonchev–Trinajstić information content (AvgIpc) is 3.30. The van der Waals surface area contributed by atoms with Crippen molar-refractivity contribution < 1.29 is 13.8 Å². The van der Waals surface area contributed by atoms with Crippen LogP contribution in [0.1, 0.15) is 23.2 Å². The van der Waals surface area contributed by atoms with Crippen LogP contribution in [0, 0.1) is 6.92 Å². The standard InChI is InChI=1S/C19H16N4O3/c1-13-20-19(23-25-13)15-7-9-16(10-8-15)24-12-18-21-17(22-26-18)11-14-5-3-2-4-6-14/h2-10H,11-12H2,1H3. The van der Waals surface area contributed by atoms with Gasteiger partial charge in [-0.05, 0) is 29.8 Å². The molecule has 2 heterocycles. The van der Waals surface area contributed by atoms with Gasteiger partial charge in [-0.15, -0.1) is 0 Å². The molecule has 0 aliphatic carbocycles. The fraction of sp³-hybridized carbons (Fsp3) is 0.158. The molecule has 0 N–H and O–H groups in total. The van der Waals surface area contributed by atoms with Crippen molar-refractivity contribution in [2.45, 2.75) is 20.0 Å². The molecule has 0 aliphatic heterocycles. The van der Waals surface area contributed by atoms with Crippen LogP contribution in [0.25, 0.3) is 11.4 Å². The summed E-state index contributed by atoms with van der Waals surface area (Å²) in [5.41, 5.74) is 1.99. The average molecular weight is 348 g/mol. The normalized spacial score (nSPS) is 10.8. The van der Waals surface area contributed by atoms with Gasteiger partial charge in [0.1, 0.15) is 5.75 Å². The Bertz CT molecular complexity index is 977. The number of hydrogen-bond acceptors (Lipinski definition) is 7. The van der Waals surface area contributed by atoms with E-state index in [1.54, 1.807) is 6.92 Å². The quantitative estimate of drug-likeness (QED) is 0.526. The molecule has 0 amide bonds. The van der Waals surface area contributed by atoms with E-state index >= 15 is 0 Å². The van der Waals surface area contributed by atoms with Gasteiger partial charge in [0.2, 0.25) is 11.7 Å². The maximum absolute atomic E-state index is 5.69. The molecule has 4 aromatic rings. The van der Waals surface area contributed by atoms with E-state index in [4.69, 9.17) is 13.8 Å². The summed E-state index contributed by atoms with van der Waals surface area (Å²) in [5.74, 6) is 2.85. The lowest BCUT2D eigenvalue weighted by Crippen LogP contribution is -1.97. The van der Waals surface area contributed by atoms with Gasteiger partial charge in [-0.25, -0.2) is 0 Å². The molecule has 7 nitrogen and oxygen atoms in total. The van der Waals surface area contributed by atoms with Crippen LogP contribution in [-0.4, -0.2) is 20.3 Å². The van der Waals surface area contributed by atoms with Crippen LogP contribution in [0.3, 0.4) is 0 Å². The van der Waals surface area contributed by atoms with Crippen molar-refractivity contribution >= 4 is 0 Å². The van der Waals surface area contributed by atoms with Crippen LogP contribution in [0.5, 0.6) is 5.75 Å². The number of benzene rings is 2. The topological polar surface area (TPSA) is 87.1 Å². The lowest BCUT2D eigenvalue weighted by molar-refractivity contribution is 0.242. The lowest BCUT2D eigenvalue weighted by Gasteiger charge is -2.03. The first-order valence-electron chi connectivity index (χ1n) is 8.15. The van der Waals surface area contributed by atoms with Crippen molar-refractivity contribution in [2.75, 3.05) is 0 Å². The summed E-state index contributed by atoms with van der Waals surface area (Å²) in [5, 5.41) is 7.87. The van der Waals surface area contributed by atoms with Crippen LogP contribution in [0.4, 0.5) is 0 Å². The molecule has 0 saturated carbocycles. The van der Waals surface area contributed by atoms with Gasteiger partial charge in [-0.3, -0.25) is 0 Å². The summed E-state index contributed by atoms with van der Waals surface area (Å²) < 4.78 is 15.9. The molecular formula is C19H16N4O3. The van der Waals surface area contributed by atoms with Crippen LogP contribution in [0.15, 0.2) is 63.6 Å². The van der Waals surface area contributed by atoms with E-state index in [0.29, 0.717) is 35.6 Å². The highest BCUT2D eigenvalue weighted by atomic mass is 16.5. The van der Waals surface area contributed by atoms with E-state index < -0.39 is 0 Å². The zero-order chi connectivity index (χ0) is 17.8. The molecule has 0 saturated heterocycles. The van der Waals surface area contributed by atoms with Gasteiger partial charge in [0.25, 0.3) is 5.89 Å². The van der Waals surface area contributed by atoms with Crippen molar-refractivity contribution in [1.82, 2.24) is 20.3 Å². The van der Waals surface area contributed by atoms with Gasteiger partial charge in [0.15, 0.2) is 12.4 Å². The van der Waals surface area contributed by atoms with Gasteiger partial charge < -0.3 is 13.8 Å². The second-order valence-electron chi connectivity index (χ2n) is 5.72. The zero-order valence-electron chi connectivity index (χ0n) is 14.1. The third kappa shape index (κ3) is 3.77. The van der Waals surface area contributed by atoms with Gasteiger partial charge in [0.05, 0.1) is 0 Å². The Kier molecular flexibility index (Phi) is 4.42. The maximum Gasteiger partial charge on any atom is 0.264 e. The summed E-state index contributed by atoms with van der Waals surface area (Å²) in [4.78, 5) is 8.54. The monoisotopic (exact) mass is 348 g/mol. The highest BCUT2D eigenvalue weighted by molar-refractivity contribution is 5.55. The molecule has 2 aromatic carbocycles. The Morgan fingerprint density at radius 2 is 1.69 bits per heavy atom. The molecule has 26 heavy (non-hydrogen) atoms. The second kappa shape index (κ2) is 7.18. The fourth-order valence-electron chi connectivity index (χ4n) is 2.46. The van der Waals surface area contributed by atoms with E-state index in [2.05, 4.69) is 20.3 Å². The Hall–Kier alpha value is -3.48. The van der Waals surface area contributed by atoms with E-state index in [0.717, 1.165) is 11.1 Å². The molecular weight excluding hydrogens is 332 g/mol. The summed E-state index contributed by atoms with van der Waals surface area (Å²) in [6, 6.07) is 17.4. The zero-order valence-corrected chi connectivity index (χ0v) is 14.1. The number of aryl methyl sites for hydroxylation is 1. The van der Waals surface area contributed by atoms with E-state index in [9.17, 15) is 0 Å². The number of ether oxygens (including phenoxy) is 1. The summed E-state index contributed by atoms with van der Waals surface area (Å²) >= 11 is 0. The molecule has 0 atom stereocenters. The molecule has 130 valence electrons. The van der Waals surface area contributed by atoms with Crippen molar-refractivity contribution in [2.24, 2.45) is 0 Å². The maximum atomic E-state index is 5.69. The predicted octanol–water partition coefficient (Wildman–Crippen LogP) is 3.60. The Morgan fingerprint density at radius 3 is 2.42 bits per heavy atom. The van der Waals surface area contributed by atoms with Crippen LogP contribution in [0.2, 0.25) is 0 Å². The minimum absolute atomic E-state index is 0.211. The SMILES string of the molecule is Cc1nc(-c2ccc(OCc3nc(Cc4ccccc4)no3)cc2)no1. The third-order valence-corrected chi connectivity index (χ3v) is 3.72. The Morgan fingerprint density at radius 1 is 0.885 bits per heavy atom. The van der Waals surface area contributed by atoms with Gasteiger partial charge in [-0.1, -0.05) is 40.6 Å². The van der Waals surface area contributed by atoms with Gasteiger partial charge >= 0.3 is 0 Å². The number of hydrogen-bond donors (Lipinski definition) is 0. The van der Waals surface area contributed by atoms with Crippen LogP contribution in [-0.2, 0) is 13.0 Å². The first kappa shape index (κ1) is 16.0. The minimum atomic E-state index is 0.211. The molecule has 0 radical (unpaired) electrons. The first-order chi connectivity index (χ1) is 12.8. The molecule has 0 fully saturated rings. The van der Waals surface area contributed by atoms with E-state index in [-0.39, 0.29) is 6.61 Å². The van der Waals surface area contributed by atoms with Crippen molar-refractivity contribution in [3.8, 4) is 17.1 Å². The predicted molar refractivity (Wildman–Crippen MR) is 92.3 cm³/mol. The molecule has 0 aliphatic rings. The highest BCUT2D eigenvalue weighted by Gasteiger charge is 2.09. The molecule has 4 rings (SSSR count). The first-order valence-corrected chi connectivity index (χ1v) is 8.15. The van der Waals surface area contributed by atoms with Crippen molar-refractivity contribution in [1.29, 1.82) is 0 Å². The van der Waals surface area contributed by atoms with E-state index in [1.165, 1.54) is 0 Å².